The van der Waals surface area contributed by atoms with Crippen LogP contribution in [-0.4, -0.2) is 55.1 Å². The Balaban J connectivity index is 1.85. The maximum absolute atomic E-state index is 6.01. The minimum absolute atomic E-state index is 0.191. The Bertz CT molecular complexity index is 425. The first kappa shape index (κ1) is 16.2. The van der Waals surface area contributed by atoms with Gasteiger partial charge in [0.05, 0.1) is 4.34 Å². The zero-order chi connectivity index (χ0) is 14.8. The summed E-state index contributed by atoms with van der Waals surface area (Å²) in [5.41, 5.74) is 0.191. The van der Waals surface area contributed by atoms with Gasteiger partial charge < -0.3 is 10.2 Å². The average Bonchev–Trinajstić information content (AvgIpc) is 2.83. The predicted molar refractivity (Wildman–Crippen MR) is 88.9 cm³/mol. The fourth-order valence-corrected chi connectivity index (χ4v) is 3.68. The van der Waals surface area contributed by atoms with Crippen LogP contribution in [0.25, 0.3) is 0 Å². The second-order valence-electron chi connectivity index (χ2n) is 6.35. The van der Waals surface area contributed by atoms with Gasteiger partial charge in [0.15, 0.2) is 0 Å². The van der Waals surface area contributed by atoms with Gasteiger partial charge in [-0.25, -0.2) is 0 Å². The molecule has 114 valence electrons. The number of piperazine rings is 1. The second-order valence-corrected chi connectivity index (χ2v) is 8.09. The number of nitrogens with zero attached hydrogens (tertiary/aromatic N) is 2. The summed E-state index contributed by atoms with van der Waals surface area (Å²) in [6, 6.07) is 4.46. The number of hydrogen-bond donors (Lipinski definition) is 1. The number of nitrogens with one attached hydrogen (secondary N) is 1. The molecule has 20 heavy (non-hydrogen) atoms. The van der Waals surface area contributed by atoms with Crippen LogP contribution in [0.3, 0.4) is 0 Å². The van der Waals surface area contributed by atoms with Crippen LogP contribution in [0.1, 0.15) is 31.7 Å². The molecule has 0 aromatic carbocycles. The first-order valence-corrected chi connectivity index (χ1v) is 8.50. The summed E-state index contributed by atoms with van der Waals surface area (Å²) in [5, 5.41) is 3.66. The third-order valence-corrected chi connectivity index (χ3v) is 5.63. The topological polar surface area (TPSA) is 18.5 Å². The van der Waals surface area contributed by atoms with Gasteiger partial charge in [0, 0.05) is 49.2 Å². The van der Waals surface area contributed by atoms with Gasteiger partial charge in [0.1, 0.15) is 0 Å². The van der Waals surface area contributed by atoms with Crippen LogP contribution in [0.5, 0.6) is 0 Å². The van der Waals surface area contributed by atoms with Crippen molar-refractivity contribution in [2.75, 3.05) is 39.8 Å². The molecule has 1 fully saturated rings. The predicted octanol–water partition coefficient (Wildman–Crippen LogP) is 3.08. The Morgan fingerprint density at radius 2 is 1.95 bits per heavy atom. The second kappa shape index (κ2) is 6.75. The largest absolute Gasteiger partial charge is 0.308 e. The van der Waals surface area contributed by atoms with Crippen LogP contribution in [0, 0.1) is 0 Å². The molecule has 1 atom stereocenters. The van der Waals surface area contributed by atoms with E-state index in [0.717, 1.165) is 24.0 Å². The lowest BCUT2D eigenvalue weighted by atomic mass is 10.0. The molecule has 0 spiro atoms. The summed E-state index contributed by atoms with van der Waals surface area (Å²) in [5.74, 6) is 0. The van der Waals surface area contributed by atoms with Crippen molar-refractivity contribution in [1.29, 1.82) is 0 Å². The number of likely N-dealkylation sites (N-methyl/N-ethyl adjacent to an activating group) is 1. The number of hydrogen-bond acceptors (Lipinski definition) is 4. The van der Waals surface area contributed by atoms with E-state index in [1.165, 1.54) is 18.0 Å². The zero-order valence-electron chi connectivity index (χ0n) is 12.9. The van der Waals surface area contributed by atoms with Crippen LogP contribution in [0.4, 0.5) is 0 Å². The highest BCUT2D eigenvalue weighted by molar-refractivity contribution is 7.16. The molecule has 5 heteroatoms. The Hall–Kier alpha value is -0.130. The van der Waals surface area contributed by atoms with Crippen LogP contribution in [0.2, 0.25) is 4.34 Å². The van der Waals surface area contributed by atoms with Crippen LogP contribution < -0.4 is 5.32 Å². The molecule has 3 nitrogen and oxygen atoms in total. The van der Waals surface area contributed by atoms with Crippen LogP contribution >= 0.6 is 22.9 Å². The van der Waals surface area contributed by atoms with Crippen molar-refractivity contribution in [2.45, 2.75) is 32.4 Å². The van der Waals surface area contributed by atoms with Gasteiger partial charge in [-0.2, -0.15) is 0 Å². The van der Waals surface area contributed by atoms with Crippen molar-refractivity contribution in [1.82, 2.24) is 15.1 Å². The maximum atomic E-state index is 6.01. The Morgan fingerprint density at radius 1 is 1.30 bits per heavy atom. The summed E-state index contributed by atoms with van der Waals surface area (Å²) in [7, 11) is 2.20. The fraction of sp³-hybridized carbons (Fsp3) is 0.733. The third-order valence-electron chi connectivity index (χ3n) is 4.22. The van der Waals surface area contributed by atoms with Crippen LogP contribution in [0.15, 0.2) is 12.1 Å². The molecule has 0 aliphatic carbocycles. The molecular weight excluding hydrogens is 290 g/mol. The average molecular weight is 316 g/mol. The lowest BCUT2D eigenvalue weighted by molar-refractivity contribution is 0.0605. The molecule has 0 amide bonds. The van der Waals surface area contributed by atoms with Crippen molar-refractivity contribution in [2.24, 2.45) is 0 Å². The highest BCUT2D eigenvalue weighted by Gasteiger charge is 2.29. The van der Waals surface area contributed by atoms with Gasteiger partial charge in [-0.1, -0.05) is 11.6 Å². The standard InChI is InChI=1S/C15H26ClN3S/c1-12(13-5-6-14(16)20-13)17-11-15(2,3)19-9-7-18(4)8-10-19/h5-6,12,17H,7-11H2,1-4H3. The zero-order valence-corrected chi connectivity index (χ0v) is 14.5. The molecule has 1 aliphatic heterocycles. The first-order valence-electron chi connectivity index (χ1n) is 7.31. The lowest BCUT2D eigenvalue weighted by Gasteiger charge is -2.43. The van der Waals surface area contributed by atoms with Crippen molar-refractivity contribution in [3.8, 4) is 0 Å². The minimum Gasteiger partial charge on any atom is -0.308 e. The normalized spacial score (nSPS) is 20.2. The lowest BCUT2D eigenvalue weighted by Crippen LogP contribution is -2.57. The Kier molecular flexibility index (Phi) is 5.49. The summed E-state index contributed by atoms with van der Waals surface area (Å²) in [4.78, 5) is 6.30. The van der Waals surface area contributed by atoms with E-state index in [-0.39, 0.29) is 5.54 Å². The number of halogens is 1. The highest BCUT2D eigenvalue weighted by atomic mass is 35.5. The summed E-state index contributed by atoms with van der Waals surface area (Å²) >= 11 is 7.67. The van der Waals surface area contributed by atoms with E-state index < -0.39 is 0 Å². The monoisotopic (exact) mass is 315 g/mol. The quantitative estimate of drug-likeness (QED) is 0.901. The van der Waals surface area contributed by atoms with Gasteiger partial charge in [-0.15, -0.1) is 11.3 Å². The maximum Gasteiger partial charge on any atom is 0.0931 e. The molecule has 2 heterocycles. The van der Waals surface area contributed by atoms with Crippen LogP contribution in [-0.2, 0) is 0 Å². The molecule has 2 rings (SSSR count). The summed E-state index contributed by atoms with van der Waals surface area (Å²) < 4.78 is 0.868. The molecule has 1 saturated heterocycles. The molecule has 1 unspecified atom stereocenters. The van der Waals surface area contributed by atoms with Crippen molar-refractivity contribution in [3.63, 3.8) is 0 Å². The fourth-order valence-electron chi connectivity index (χ4n) is 2.59. The van der Waals surface area contributed by atoms with Gasteiger partial charge >= 0.3 is 0 Å². The molecular formula is C15H26ClN3S. The molecule has 0 radical (unpaired) electrons. The Labute approximate surface area is 131 Å². The van der Waals surface area contributed by atoms with E-state index in [4.69, 9.17) is 11.6 Å². The first-order chi connectivity index (χ1) is 9.38. The smallest absolute Gasteiger partial charge is 0.0931 e. The van der Waals surface area contributed by atoms with Crippen molar-refractivity contribution >= 4 is 22.9 Å². The summed E-state index contributed by atoms with van der Waals surface area (Å²) in [6.07, 6.45) is 0. The van der Waals surface area contributed by atoms with Gasteiger partial charge in [0.25, 0.3) is 0 Å². The number of rotatable bonds is 5. The van der Waals surface area contributed by atoms with Gasteiger partial charge in [0.2, 0.25) is 0 Å². The minimum atomic E-state index is 0.191. The van der Waals surface area contributed by atoms with Gasteiger partial charge in [-0.05, 0) is 40.0 Å². The molecule has 1 aromatic rings. The third kappa shape index (κ3) is 4.18. The molecule has 1 aliphatic rings. The SMILES string of the molecule is CC(NCC(C)(C)N1CCN(C)CC1)c1ccc(Cl)s1. The molecule has 1 N–H and O–H groups in total. The van der Waals surface area contributed by atoms with Crippen molar-refractivity contribution < 1.29 is 0 Å². The van der Waals surface area contributed by atoms with Crippen molar-refractivity contribution in [3.05, 3.63) is 21.3 Å². The van der Waals surface area contributed by atoms with E-state index in [9.17, 15) is 0 Å². The van der Waals surface area contributed by atoms with E-state index in [0.29, 0.717) is 6.04 Å². The van der Waals surface area contributed by atoms with E-state index in [2.05, 4.69) is 49.0 Å². The number of thiophene rings is 1. The van der Waals surface area contributed by atoms with E-state index >= 15 is 0 Å². The Morgan fingerprint density at radius 3 is 2.50 bits per heavy atom. The van der Waals surface area contributed by atoms with Gasteiger partial charge in [-0.3, -0.25) is 4.90 Å². The molecule has 0 saturated carbocycles. The summed E-state index contributed by atoms with van der Waals surface area (Å²) in [6.45, 7) is 12.5. The highest BCUT2D eigenvalue weighted by Crippen LogP contribution is 2.27. The van der Waals surface area contributed by atoms with E-state index in [1.807, 2.05) is 6.07 Å². The molecule has 0 bridgehead atoms. The molecule has 1 aromatic heterocycles. The van der Waals surface area contributed by atoms with E-state index in [1.54, 1.807) is 11.3 Å².